The molecule has 0 spiro atoms. The minimum atomic E-state index is -1.61. The predicted molar refractivity (Wildman–Crippen MR) is 319 cm³/mol. The topological polar surface area (TPSA) is 288 Å². The second-order valence-electron chi connectivity index (χ2n) is 25.2. The van der Waals surface area contributed by atoms with E-state index in [2.05, 4.69) is 26.6 Å². The molecule has 0 bridgehead atoms. The SMILES string of the molecule is C/C=C/C[C@@H](C)C(O)C1C(=O)NC(CC)C(=O)N(C)CC(=O)N[C@@H](CC(C)C)C(=O)NC(C(C)C)C(=O)N(C)C(C(C)C)C(=O)N[C@@H](C)C(=O)NC(C)C(=O)N(C)[C@@H](CC(C)C)C(=O)N(C)[C@@H](CC(C)C)C(=O)N(C)C(C(C)C)C(=O)N1C. The van der Waals surface area contributed by atoms with Crippen LogP contribution in [0.5, 0.6) is 0 Å². The van der Waals surface area contributed by atoms with Gasteiger partial charge in [0, 0.05) is 42.3 Å². The summed E-state index contributed by atoms with van der Waals surface area (Å²) in [6.07, 6.45) is 2.84. The highest BCUT2D eigenvalue weighted by atomic mass is 16.3. The van der Waals surface area contributed by atoms with Gasteiger partial charge in [0.1, 0.15) is 60.4 Å². The molecule has 23 heteroatoms. The Bertz CT molecular complexity index is 2270. The first-order chi connectivity index (χ1) is 38.3. The van der Waals surface area contributed by atoms with Crippen LogP contribution in [0, 0.1) is 41.4 Å². The summed E-state index contributed by atoms with van der Waals surface area (Å²) in [7, 11) is 8.43. The van der Waals surface area contributed by atoms with Crippen LogP contribution in [0.15, 0.2) is 12.2 Å². The molecule has 11 amide bonds. The molecule has 12 atom stereocenters. The number of nitrogens with one attached hydrogen (secondary N) is 5. The normalized spacial score (nSPS) is 27.1. The number of aliphatic hydroxyl groups is 1. The van der Waals surface area contributed by atoms with Crippen molar-refractivity contribution in [3.63, 3.8) is 0 Å². The van der Waals surface area contributed by atoms with Gasteiger partial charge in [0.2, 0.25) is 65.0 Å². The van der Waals surface area contributed by atoms with E-state index in [9.17, 15) is 48.3 Å². The van der Waals surface area contributed by atoms with Gasteiger partial charge in [-0.15, -0.1) is 0 Å². The number of allylic oxidation sites excluding steroid dienone is 2. The van der Waals surface area contributed by atoms with Crippen LogP contribution in [0.4, 0.5) is 0 Å². The summed E-state index contributed by atoms with van der Waals surface area (Å²) < 4.78 is 0. The molecule has 23 nitrogen and oxygen atoms in total. The summed E-state index contributed by atoms with van der Waals surface area (Å²) in [4.78, 5) is 166. The maximum atomic E-state index is 15.1. The Hall–Kier alpha value is -6.13. The van der Waals surface area contributed by atoms with Crippen LogP contribution in [-0.2, 0) is 52.7 Å². The summed E-state index contributed by atoms with van der Waals surface area (Å²) in [5.74, 6) is -10.3. The Morgan fingerprint density at radius 2 is 0.916 bits per heavy atom. The van der Waals surface area contributed by atoms with Crippen LogP contribution < -0.4 is 26.6 Å². The summed E-state index contributed by atoms with van der Waals surface area (Å²) in [5.41, 5.74) is 0. The molecular weight excluding hydrogens is 1070 g/mol. The smallest absolute Gasteiger partial charge is 0.246 e. The fourth-order valence-corrected chi connectivity index (χ4v) is 10.5. The molecular formula is C60H107N11O12. The highest BCUT2D eigenvalue weighted by Gasteiger charge is 2.45. The third-order valence-corrected chi connectivity index (χ3v) is 15.4. The zero-order valence-corrected chi connectivity index (χ0v) is 54.4. The molecule has 1 saturated heterocycles. The summed E-state index contributed by atoms with van der Waals surface area (Å²) in [6, 6.07) is -12.4. The first-order valence-electron chi connectivity index (χ1n) is 29.7. The number of rotatable bonds is 14. The number of hydrogen-bond donors (Lipinski definition) is 6. The molecule has 0 radical (unpaired) electrons. The van der Waals surface area contributed by atoms with Gasteiger partial charge in [0.15, 0.2) is 0 Å². The van der Waals surface area contributed by atoms with Crippen LogP contribution in [0.2, 0.25) is 0 Å². The van der Waals surface area contributed by atoms with Gasteiger partial charge in [-0.1, -0.05) is 109 Å². The average molecular weight is 1170 g/mol. The van der Waals surface area contributed by atoms with Crippen molar-refractivity contribution in [2.75, 3.05) is 48.8 Å². The largest absolute Gasteiger partial charge is 0.390 e. The number of hydrogen-bond acceptors (Lipinski definition) is 12. The molecule has 1 fully saturated rings. The average Bonchev–Trinajstić information content (AvgIpc) is 3.45. The highest BCUT2D eigenvalue weighted by molar-refractivity contribution is 5.99. The van der Waals surface area contributed by atoms with Gasteiger partial charge < -0.3 is 61.1 Å². The maximum absolute atomic E-state index is 15.1. The minimum Gasteiger partial charge on any atom is -0.390 e. The molecule has 0 saturated carbocycles. The molecule has 0 aliphatic carbocycles. The van der Waals surface area contributed by atoms with E-state index < -0.39 is 162 Å². The van der Waals surface area contributed by atoms with E-state index in [0.29, 0.717) is 6.42 Å². The third kappa shape index (κ3) is 21.2. The molecule has 0 aromatic carbocycles. The predicted octanol–water partition coefficient (Wildman–Crippen LogP) is 2.54. The molecule has 6 N–H and O–H groups in total. The van der Waals surface area contributed by atoms with Gasteiger partial charge in [-0.2, -0.15) is 0 Å². The van der Waals surface area contributed by atoms with Crippen LogP contribution in [0.3, 0.4) is 0 Å². The molecule has 1 aliphatic rings. The molecule has 1 rings (SSSR count). The summed E-state index contributed by atoms with van der Waals surface area (Å²) >= 11 is 0. The van der Waals surface area contributed by atoms with Crippen LogP contribution in [0.25, 0.3) is 0 Å². The van der Waals surface area contributed by atoms with E-state index in [4.69, 9.17) is 0 Å². The molecule has 474 valence electrons. The lowest BCUT2D eigenvalue weighted by atomic mass is 9.91. The van der Waals surface area contributed by atoms with E-state index in [0.717, 1.165) is 9.80 Å². The Morgan fingerprint density at radius 3 is 1.37 bits per heavy atom. The Balaban J connectivity index is 4.26. The summed E-state index contributed by atoms with van der Waals surface area (Å²) in [6.45, 7) is 28.9. The van der Waals surface area contributed by atoms with E-state index in [1.54, 1.807) is 74.5 Å². The molecule has 0 aromatic rings. The standard InChI is InChI=1S/C60H107N11O12/c1-24-26-27-38(15)50(73)49-54(77)64-41(25-2)56(79)66(18)31-45(72)63-42(28-32(3)4)52(75)65-46(35(9)10)59(82)69(21)47(36(11)12)53(76)61-39(16)51(74)62-40(17)55(78)67(19)43(29-33(5)6)57(80)68(20)44(30-34(7)8)58(81)70(22)48(37(13)14)60(83)71(49)23/h24,26,32-44,46-50,73H,25,27-31H2,1-23H3,(H,61,76)(H,62,74)(H,63,72)(H,64,77)(H,65,75)/b26-24+/t38-,39+,40?,41?,42+,43+,44+,46?,47?,48?,49?,50?/m1/s1. The number of carbonyl (C=O) groups excluding carboxylic acids is 11. The monoisotopic (exact) mass is 1170 g/mol. The van der Waals surface area contributed by atoms with Gasteiger partial charge in [0.05, 0.1) is 12.6 Å². The molecule has 0 aromatic heterocycles. The van der Waals surface area contributed by atoms with Gasteiger partial charge in [0.25, 0.3) is 0 Å². The Kier molecular flexibility index (Phi) is 30.7. The molecule has 1 heterocycles. The quantitative estimate of drug-likeness (QED) is 0.137. The minimum absolute atomic E-state index is 0.0201. The molecule has 7 unspecified atom stereocenters. The first kappa shape index (κ1) is 74.9. The number of aliphatic hydroxyl groups excluding tert-OH is 1. The zero-order chi connectivity index (χ0) is 64.4. The first-order valence-corrected chi connectivity index (χ1v) is 29.7. The van der Waals surface area contributed by atoms with Crippen molar-refractivity contribution in [3.8, 4) is 0 Å². The van der Waals surface area contributed by atoms with E-state index >= 15 is 9.59 Å². The van der Waals surface area contributed by atoms with Crippen molar-refractivity contribution in [2.45, 2.75) is 216 Å². The van der Waals surface area contributed by atoms with Gasteiger partial charge in [-0.05, 0) is 94.3 Å². The fourth-order valence-electron chi connectivity index (χ4n) is 10.5. The zero-order valence-electron chi connectivity index (χ0n) is 54.4. The number of likely N-dealkylation sites (N-methyl/N-ethyl adjacent to an activating group) is 6. The van der Waals surface area contributed by atoms with Crippen molar-refractivity contribution in [1.29, 1.82) is 0 Å². The van der Waals surface area contributed by atoms with Crippen molar-refractivity contribution in [1.82, 2.24) is 56.0 Å². The lowest BCUT2D eigenvalue weighted by molar-refractivity contribution is -0.157. The molecule has 83 heavy (non-hydrogen) atoms. The lowest BCUT2D eigenvalue weighted by Gasteiger charge is -2.41. The third-order valence-electron chi connectivity index (χ3n) is 15.4. The van der Waals surface area contributed by atoms with E-state index in [1.807, 2.05) is 41.5 Å². The second-order valence-corrected chi connectivity index (χ2v) is 25.2. The van der Waals surface area contributed by atoms with Crippen LogP contribution >= 0.6 is 0 Å². The van der Waals surface area contributed by atoms with Crippen molar-refractivity contribution in [3.05, 3.63) is 12.2 Å². The van der Waals surface area contributed by atoms with Crippen molar-refractivity contribution < 1.29 is 57.8 Å². The lowest BCUT2D eigenvalue weighted by Crippen LogP contribution is -2.63. The van der Waals surface area contributed by atoms with Crippen molar-refractivity contribution >= 4 is 65.0 Å². The van der Waals surface area contributed by atoms with Gasteiger partial charge in [-0.3, -0.25) is 52.7 Å². The maximum Gasteiger partial charge on any atom is 0.246 e. The number of amides is 11. The Morgan fingerprint density at radius 1 is 0.470 bits per heavy atom. The highest BCUT2D eigenvalue weighted by Crippen LogP contribution is 2.25. The van der Waals surface area contributed by atoms with Crippen LogP contribution in [-0.4, -0.2) is 215 Å². The number of nitrogens with zero attached hydrogens (tertiary/aromatic N) is 6. The van der Waals surface area contributed by atoms with Gasteiger partial charge >= 0.3 is 0 Å². The summed E-state index contributed by atoms with van der Waals surface area (Å²) in [5, 5.41) is 25.6. The van der Waals surface area contributed by atoms with Crippen molar-refractivity contribution in [2.24, 2.45) is 41.4 Å². The van der Waals surface area contributed by atoms with Gasteiger partial charge in [-0.25, -0.2) is 0 Å². The number of carbonyl (C=O) groups is 11. The Labute approximate surface area is 495 Å². The fraction of sp³-hybridized carbons (Fsp3) is 0.783. The second kappa shape index (κ2) is 34.0. The molecule has 1 aliphatic heterocycles. The van der Waals surface area contributed by atoms with E-state index in [-0.39, 0.29) is 43.4 Å². The van der Waals surface area contributed by atoms with E-state index in [1.165, 1.54) is 75.7 Å². The van der Waals surface area contributed by atoms with Crippen LogP contribution in [0.1, 0.15) is 150 Å².